The van der Waals surface area contributed by atoms with E-state index in [-0.39, 0.29) is 5.91 Å². The van der Waals surface area contributed by atoms with Crippen molar-refractivity contribution in [1.82, 2.24) is 9.88 Å². The van der Waals surface area contributed by atoms with Crippen molar-refractivity contribution < 1.29 is 4.79 Å². The normalized spacial score (nSPS) is 18.1. The molecule has 0 unspecified atom stereocenters. The predicted octanol–water partition coefficient (Wildman–Crippen LogP) is 3.03. The Morgan fingerprint density at radius 3 is 2.23 bits per heavy atom. The molecule has 4 rings (SSSR count). The van der Waals surface area contributed by atoms with Gasteiger partial charge in [0.25, 0.3) is 5.91 Å². The molecule has 0 atom stereocenters. The van der Waals surface area contributed by atoms with Crippen molar-refractivity contribution in [2.45, 2.75) is 19.3 Å². The molecule has 2 aliphatic rings. The van der Waals surface area contributed by atoms with Crippen LogP contribution in [-0.4, -0.2) is 55.1 Å². The molecule has 5 heteroatoms. The Labute approximate surface area is 155 Å². The molecular weight excluding hydrogens is 324 g/mol. The van der Waals surface area contributed by atoms with Gasteiger partial charge in [0, 0.05) is 56.7 Å². The minimum absolute atomic E-state index is 0.149. The van der Waals surface area contributed by atoms with Gasteiger partial charge in [0.15, 0.2) is 0 Å². The Kier molecular flexibility index (Phi) is 5.04. The molecule has 0 N–H and O–H groups in total. The van der Waals surface area contributed by atoms with E-state index >= 15 is 0 Å². The summed E-state index contributed by atoms with van der Waals surface area (Å²) in [6.45, 7) is 5.54. The number of rotatable bonds is 3. The largest absolute Gasteiger partial charge is 0.368 e. The van der Waals surface area contributed by atoms with Gasteiger partial charge in [0.1, 0.15) is 5.82 Å². The van der Waals surface area contributed by atoms with Gasteiger partial charge >= 0.3 is 0 Å². The zero-order valence-electron chi connectivity index (χ0n) is 15.2. The lowest BCUT2D eigenvalue weighted by atomic mass is 10.1. The summed E-state index contributed by atoms with van der Waals surface area (Å²) in [4.78, 5) is 23.9. The molecule has 5 nitrogen and oxygen atoms in total. The average molecular weight is 350 g/mol. The van der Waals surface area contributed by atoms with E-state index in [2.05, 4.69) is 45.1 Å². The van der Waals surface area contributed by atoms with Gasteiger partial charge in [-0.1, -0.05) is 18.2 Å². The molecular formula is C21H26N4O. The summed E-state index contributed by atoms with van der Waals surface area (Å²) in [6, 6.07) is 14.3. The third kappa shape index (κ3) is 3.66. The first-order valence-electron chi connectivity index (χ1n) is 9.61. The number of para-hydroxylation sites is 1. The highest BCUT2D eigenvalue weighted by molar-refractivity contribution is 5.94. The summed E-state index contributed by atoms with van der Waals surface area (Å²) in [6.07, 6.45) is 5.24. The topological polar surface area (TPSA) is 39.7 Å². The Hall–Kier alpha value is -2.56. The van der Waals surface area contributed by atoms with Crippen molar-refractivity contribution >= 4 is 17.4 Å². The van der Waals surface area contributed by atoms with Crippen molar-refractivity contribution in [3.63, 3.8) is 0 Å². The van der Waals surface area contributed by atoms with Crippen LogP contribution in [0.3, 0.4) is 0 Å². The minimum atomic E-state index is 0.149. The third-order valence-electron chi connectivity index (χ3n) is 5.36. The van der Waals surface area contributed by atoms with Gasteiger partial charge in [0.05, 0.1) is 0 Å². The van der Waals surface area contributed by atoms with Gasteiger partial charge in [-0.05, 0) is 43.5 Å². The maximum absolute atomic E-state index is 12.7. The van der Waals surface area contributed by atoms with Crippen molar-refractivity contribution in [3.05, 3.63) is 54.2 Å². The molecule has 2 aromatic rings. The maximum atomic E-state index is 12.7. The molecule has 0 aliphatic carbocycles. The van der Waals surface area contributed by atoms with E-state index in [1.807, 2.05) is 17.0 Å². The zero-order valence-corrected chi connectivity index (χ0v) is 15.2. The van der Waals surface area contributed by atoms with E-state index < -0.39 is 0 Å². The number of carbonyl (C=O) groups is 1. The molecule has 0 spiro atoms. The van der Waals surface area contributed by atoms with Gasteiger partial charge in [-0.15, -0.1) is 0 Å². The number of aromatic nitrogens is 1. The monoisotopic (exact) mass is 350 g/mol. The van der Waals surface area contributed by atoms with Crippen LogP contribution >= 0.6 is 0 Å². The highest BCUT2D eigenvalue weighted by Gasteiger charge is 2.21. The number of carbonyl (C=O) groups excluding carboxylic acids is 1. The number of hydrogen-bond donors (Lipinski definition) is 0. The summed E-state index contributed by atoms with van der Waals surface area (Å²) >= 11 is 0. The second-order valence-corrected chi connectivity index (χ2v) is 7.07. The Balaban J connectivity index is 1.42. The smallest absolute Gasteiger partial charge is 0.254 e. The number of likely N-dealkylation sites (tertiary alicyclic amines) is 1. The quantitative estimate of drug-likeness (QED) is 0.853. The molecule has 1 aromatic carbocycles. The second-order valence-electron chi connectivity index (χ2n) is 7.07. The molecule has 2 aliphatic heterocycles. The first kappa shape index (κ1) is 16.9. The molecule has 0 saturated carbocycles. The zero-order chi connectivity index (χ0) is 17.8. The van der Waals surface area contributed by atoms with Crippen molar-refractivity contribution in [2.24, 2.45) is 0 Å². The lowest BCUT2D eigenvalue weighted by Gasteiger charge is -2.37. The van der Waals surface area contributed by atoms with E-state index in [9.17, 15) is 4.79 Å². The third-order valence-corrected chi connectivity index (χ3v) is 5.36. The summed E-state index contributed by atoms with van der Waals surface area (Å²) in [5, 5.41) is 0. The molecule has 2 fully saturated rings. The van der Waals surface area contributed by atoms with Crippen LogP contribution in [0.15, 0.2) is 48.7 Å². The Morgan fingerprint density at radius 1 is 0.808 bits per heavy atom. The molecule has 26 heavy (non-hydrogen) atoms. The second kappa shape index (κ2) is 7.77. The van der Waals surface area contributed by atoms with Gasteiger partial charge in [-0.3, -0.25) is 4.79 Å². The molecule has 1 aromatic heterocycles. The molecule has 0 bridgehead atoms. The standard InChI is InChI=1S/C21H26N4O/c26-21(25-11-5-2-6-12-25)18-9-10-22-20(17-18)24-15-13-23(14-16-24)19-7-3-1-4-8-19/h1,3-4,7-10,17H,2,5-6,11-16H2. The molecule has 1 amide bonds. The van der Waals surface area contributed by atoms with Crippen molar-refractivity contribution in [1.29, 1.82) is 0 Å². The first-order valence-corrected chi connectivity index (χ1v) is 9.61. The number of amides is 1. The van der Waals surface area contributed by atoms with Crippen molar-refractivity contribution in [3.8, 4) is 0 Å². The van der Waals surface area contributed by atoms with Crippen LogP contribution in [0.2, 0.25) is 0 Å². The van der Waals surface area contributed by atoms with Crippen LogP contribution in [0.1, 0.15) is 29.6 Å². The lowest BCUT2D eigenvalue weighted by molar-refractivity contribution is 0.0724. The lowest BCUT2D eigenvalue weighted by Crippen LogP contribution is -2.47. The highest BCUT2D eigenvalue weighted by atomic mass is 16.2. The molecule has 136 valence electrons. The fourth-order valence-electron chi connectivity index (χ4n) is 3.84. The Bertz CT molecular complexity index is 735. The number of pyridine rings is 1. The first-order chi connectivity index (χ1) is 12.8. The average Bonchev–Trinajstić information content (AvgIpc) is 2.75. The van der Waals surface area contributed by atoms with E-state index in [1.54, 1.807) is 6.20 Å². The van der Waals surface area contributed by atoms with Crippen LogP contribution in [0.4, 0.5) is 11.5 Å². The van der Waals surface area contributed by atoms with Crippen molar-refractivity contribution in [2.75, 3.05) is 49.1 Å². The summed E-state index contributed by atoms with van der Waals surface area (Å²) in [5.74, 6) is 1.07. The SMILES string of the molecule is O=C(c1ccnc(N2CCN(c3ccccc3)CC2)c1)N1CCCCC1. The van der Waals surface area contributed by atoms with Crippen LogP contribution in [0.5, 0.6) is 0 Å². The summed E-state index contributed by atoms with van der Waals surface area (Å²) in [7, 11) is 0. The van der Waals surface area contributed by atoms with E-state index in [1.165, 1.54) is 12.1 Å². The molecule has 3 heterocycles. The Morgan fingerprint density at radius 2 is 1.50 bits per heavy atom. The highest BCUT2D eigenvalue weighted by Crippen LogP contribution is 2.21. The number of piperidine rings is 1. The molecule has 2 saturated heterocycles. The van der Waals surface area contributed by atoms with E-state index in [0.29, 0.717) is 0 Å². The summed E-state index contributed by atoms with van der Waals surface area (Å²) in [5.41, 5.74) is 2.04. The fourth-order valence-corrected chi connectivity index (χ4v) is 3.84. The van der Waals surface area contributed by atoms with Crippen LogP contribution < -0.4 is 9.80 Å². The van der Waals surface area contributed by atoms with E-state index in [4.69, 9.17) is 0 Å². The number of nitrogens with zero attached hydrogens (tertiary/aromatic N) is 4. The van der Waals surface area contributed by atoms with Gasteiger partial charge in [-0.25, -0.2) is 4.98 Å². The maximum Gasteiger partial charge on any atom is 0.254 e. The van der Waals surface area contributed by atoms with Crippen LogP contribution in [0.25, 0.3) is 0 Å². The van der Waals surface area contributed by atoms with E-state index in [0.717, 1.165) is 63.5 Å². The number of benzene rings is 1. The fraction of sp³-hybridized carbons (Fsp3) is 0.429. The number of piperazine rings is 1. The number of hydrogen-bond acceptors (Lipinski definition) is 4. The van der Waals surface area contributed by atoms with Gasteiger partial charge in [0.2, 0.25) is 0 Å². The van der Waals surface area contributed by atoms with Gasteiger partial charge in [-0.2, -0.15) is 0 Å². The minimum Gasteiger partial charge on any atom is -0.368 e. The number of anilines is 2. The van der Waals surface area contributed by atoms with Crippen LogP contribution in [0, 0.1) is 0 Å². The predicted molar refractivity (Wildman–Crippen MR) is 105 cm³/mol. The van der Waals surface area contributed by atoms with Crippen LogP contribution in [-0.2, 0) is 0 Å². The van der Waals surface area contributed by atoms with Gasteiger partial charge < -0.3 is 14.7 Å². The summed E-state index contributed by atoms with van der Waals surface area (Å²) < 4.78 is 0. The molecule has 0 radical (unpaired) electrons.